The summed E-state index contributed by atoms with van der Waals surface area (Å²) < 4.78 is 0. The van der Waals surface area contributed by atoms with Crippen LogP contribution in [0.2, 0.25) is 0 Å². The Balaban J connectivity index is 2.65. The average molecular weight is 205 g/mol. The third kappa shape index (κ3) is 3.54. The summed E-state index contributed by atoms with van der Waals surface area (Å²) in [5.41, 5.74) is 0.810. The van der Waals surface area contributed by atoms with E-state index in [1.807, 2.05) is 13.8 Å². The van der Waals surface area contributed by atoms with Gasteiger partial charge in [-0.25, -0.2) is 4.99 Å². The largest absolute Gasteiger partial charge is 0.508 e. The second kappa shape index (κ2) is 5.29. The Labute approximate surface area is 89.5 Å². The van der Waals surface area contributed by atoms with E-state index in [0.717, 1.165) is 12.0 Å². The summed E-state index contributed by atoms with van der Waals surface area (Å²) in [6.07, 6.45) is 2.32. The standard InChI is InChI=1S/C12H15NO2/c1-3-9(2)12(15)13-8-10-4-6-11(14)7-5-10/h4-9,14H,3H2,1-2H3. The van der Waals surface area contributed by atoms with Crippen molar-refractivity contribution in [2.24, 2.45) is 10.9 Å². The Morgan fingerprint density at radius 2 is 2.07 bits per heavy atom. The number of nitrogens with zero attached hydrogens (tertiary/aromatic N) is 1. The number of benzene rings is 1. The molecule has 0 bridgehead atoms. The molecule has 1 aromatic carbocycles. The number of hydrogen-bond acceptors (Lipinski definition) is 2. The number of aromatic hydroxyl groups is 1. The number of carbonyl (C=O) groups excluding carboxylic acids is 1. The van der Waals surface area contributed by atoms with Gasteiger partial charge in [-0.15, -0.1) is 0 Å². The molecule has 1 amide bonds. The number of rotatable bonds is 3. The highest BCUT2D eigenvalue weighted by atomic mass is 16.3. The molecule has 1 atom stereocenters. The number of hydrogen-bond donors (Lipinski definition) is 1. The van der Waals surface area contributed by atoms with Crippen molar-refractivity contribution in [3.8, 4) is 5.75 Å². The van der Waals surface area contributed by atoms with Gasteiger partial charge in [-0.1, -0.05) is 13.8 Å². The zero-order valence-electron chi connectivity index (χ0n) is 8.97. The van der Waals surface area contributed by atoms with Gasteiger partial charge >= 0.3 is 0 Å². The molecule has 0 heterocycles. The van der Waals surface area contributed by atoms with Crippen molar-refractivity contribution in [2.75, 3.05) is 0 Å². The predicted octanol–water partition coefficient (Wildman–Crippen LogP) is 2.38. The molecule has 0 radical (unpaired) electrons. The Hall–Kier alpha value is -1.64. The van der Waals surface area contributed by atoms with E-state index in [1.165, 1.54) is 6.21 Å². The smallest absolute Gasteiger partial charge is 0.248 e. The van der Waals surface area contributed by atoms with Crippen LogP contribution in [0.5, 0.6) is 5.75 Å². The maximum absolute atomic E-state index is 11.4. The van der Waals surface area contributed by atoms with Gasteiger partial charge in [0.15, 0.2) is 0 Å². The van der Waals surface area contributed by atoms with Gasteiger partial charge in [0, 0.05) is 12.1 Å². The zero-order chi connectivity index (χ0) is 11.3. The van der Waals surface area contributed by atoms with E-state index in [1.54, 1.807) is 24.3 Å². The lowest BCUT2D eigenvalue weighted by molar-refractivity contribution is -0.121. The van der Waals surface area contributed by atoms with Gasteiger partial charge in [0.05, 0.1) is 0 Å². The quantitative estimate of drug-likeness (QED) is 0.770. The molecule has 0 fully saturated rings. The van der Waals surface area contributed by atoms with Crippen molar-refractivity contribution in [2.45, 2.75) is 20.3 Å². The van der Waals surface area contributed by atoms with Crippen LogP contribution in [0.25, 0.3) is 0 Å². The Kier molecular flexibility index (Phi) is 4.03. The summed E-state index contributed by atoms with van der Waals surface area (Å²) in [5, 5.41) is 9.05. The molecule has 0 aliphatic rings. The Morgan fingerprint density at radius 1 is 1.47 bits per heavy atom. The van der Waals surface area contributed by atoms with Crippen LogP contribution in [-0.2, 0) is 4.79 Å². The van der Waals surface area contributed by atoms with E-state index in [2.05, 4.69) is 4.99 Å². The molecule has 1 aromatic rings. The highest BCUT2D eigenvalue weighted by molar-refractivity contribution is 5.92. The van der Waals surface area contributed by atoms with Crippen molar-refractivity contribution in [3.63, 3.8) is 0 Å². The number of phenolic OH excluding ortho intramolecular Hbond substituents is 1. The lowest BCUT2D eigenvalue weighted by atomic mass is 10.1. The fourth-order valence-electron chi connectivity index (χ4n) is 1.00. The maximum Gasteiger partial charge on any atom is 0.248 e. The van der Waals surface area contributed by atoms with Crippen LogP contribution in [0, 0.1) is 5.92 Å². The highest BCUT2D eigenvalue weighted by Crippen LogP contribution is 2.08. The fourth-order valence-corrected chi connectivity index (χ4v) is 1.00. The van der Waals surface area contributed by atoms with Gasteiger partial charge in [-0.2, -0.15) is 0 Å². The average Bonchev–Trinajstić information content (AvgIpc) is 2.26. The van der Waals surface area contributed by atoms with Crippen LogP contribution in [0.1, 0.15) is 25.8 Å². The van der Waals surface area contributed by atoms with Crippen molar-refractivity contribution < 1.29 is 9.90 Å². The molecule has 1 N–H and O–H groups in total. The lowest BCUT2D eigenvalue weighted by Crippen LogP contribution is -2.06. The van der Waals surface area contributed by atoms with Crippen LogP contribution < -0.4 is 0 Å². The van der Waals surface area contributed by atoms with Gasteiger partial charge in [0.25, 0.3) is 0 Å². The molecule has 3 nitrogen and oxygen atoms in total. The summed E-state index contributed by atoms with van der Waals surface area (Å²) in [6.45, 7) is 3.81. The molecule has 80 valence electrons. The van der Waals surface area contributed by atoms with Gasteiger partial charge in [0.2, 0.25) is 5.91 Å². The molecule has 15 heavy (non-hydrogen) atoms. The Morgan fingerprint density at radius 3 is 2.60 bits per heavy atom. The first kappa shape index (κ1) is 11.4. The summed E-state index contributed by atoms with van der Waals surface area (Å²) >= 11 is 0. The molecule has 0 saturated heterocycles. The van der Waals surface area contributed by atoms with E-state index >= 15 is 0 Å². The van der Waals surface area contributed by atoms with Crippen LogP contribution >= 0.6 is 0 Å². The summed E-state index contributed by atoms with van der Waals surface area (Å²) in [6, 6.07) is 6.55. The van der Waals surface area contributed by atoms with Crippen molar-refractivity contribution in [1.82, 2.24) is 0 Å². The highest BCUT2D eigenvalue weighted by Gasteiger charge is 2.07. The molecule has 3 heteroatoms. The summed E-state index contributed by atoms with van der Waals surface area (Å²) in [7, 11) is 0. The minimum atomic E-state index is -0.106. The normalized spacial score (nSPS) is 12.9. The first-order valence-electron chi connectivity index (χ1n) is 5.00. The van der Waals surface area contributed by atoms with Gasteiger partial charge in [-0.3, -0.25) is 4.79 Å². The minimum Gasteiger partial charge on any atom is -0.508 e. The molecule has 0 aromatic heterocycles. The van der Waals surface area contributed by atoms with Crippen LogP contribution in [0.15, 0.2) is 29.3 Å². The molecule has 0 aliphatic heterocycles. The molecular formula is C12H15NO2. The maximum atomic E-state index is 11.4. The second-order valence-corrected chi connectivity index (χ2v) is 3.50. The van der Waals surface area contributed by atoms with E-state index in [-0.39, 0.29) is 17.6 Å². The summed E-state index contributed by atoms with van der Waals surface area (Å²) in [4.78, 5) is 15.2. The second-order valence-electron chi connectivity index (χ2n) is 3.50. The lowest BCUT2D eigenvalue weighted by Gasteiger charge is -2.00. The third-order valence-corrected chi connectivity index (χ3v) is 2.27. The number of aliphatic imine (C=N–C) groups is 1. The first-order valence-corrected chi connectivity index (χ1v) is 5.00. The first-order chi connectivity index (χ1) is 7.13. The minimum absolute atomic E-state index is 0.0293. The summed E-state index contributed by atoms with van der Waals surface area (Å²) in [5.74, 6) is 0.0735. The monoisotopic (exact) mass is 205 g/mol. The fraction of sp³-hybridized carbons (Fsp3) is 0.333. The van der Waals surface area contributed by atoms with Crippen molar-refractivity contribution >= 4 is 12.1 Å². The van der Waals surface area contributed by atoms with E-state index in [4.69, 9.17) is 5.11 Å². The van der Waals surface area contributed by atoms with Crippen LogP contribution in [0.3, 0.4) is 0 Å². The molecule has 1 rings (SSSR count). The van der Waals surface area contributed by atoms with Crippen molar-refractivity contribution in [3.05, 3.63) is 29.8 Å². The van der Waals surface area contributed by atoms with E-state index in [0.29, 0.717) is 0 Å². The number of phenols is 1. The zero-order valence-corrected chi connectivity index (χ0v) is 8.97. The van der Waals surface area contributed by atoms with E-state index < -0.39 is 0 Å². The van der Waals surface area contributed by atoms with Crippen LogP contribution in [-0.4, -0.2) is 17.2 Å². The molecule has 0 saturated carbocycles. The SMILES string of the molecule is CCC(C)C(=O)N=Cc1ccc(O)cc1. The molecular weight excluding hydrogens is 190 g/mol. The van der Waals surface area contributed by atoms with Crippen molar-refractivity contribution in [1.29, 1.82) is 0 Å². The van der Waals surface area contributed by atoms with Gasteiger partial charge in [-0.05, 0) is 36.2 Å². The van der Waals surface area contributed by atoms with E-state index in [9.17, 15) is 4.79 Å². The van der Waals surface area contributed by atoms with Crippen LogP contribution in [0.4, 0.5) is 0 Å². The number of carbonyl (C=O) groups is 1. The van der Waals surface area contributed by atoms with Gasteiger partial charge in [0.1, 0.15) is 5.75 Å². The molecule has 1 unspecified atom stereocenters. The number of amides is 1. The van der Waals surface area contributed by atoms with Gasteiger partial charge < -0.3 is 5.11 Å². The Bertz CT molecular complexity index is 354. The predicted molar refractivity (Wildman–Crippen MR) is 60.2 cm³/mol. The topological polar surface area (TPSA) is 49.7 Å². The molecule has 0 aliphatic carbocycles. The molecule has 0 spiro atoms. The third-order valence-electron chi connectivity index (χ3n) is 2.27.